The molecule has 1 saturated heterocycles. The Bertz CT molecular complexity index is 471. The topological polar surface area (TPSA) is 46.3 Å². The quantitative estimate of drug-likeness (QED) is 0.927. The van der Waals surface area contributed by atoms with Gasteiger partial charge in [-0.1, -0.05) is 30.3 Å². The summed E-state index contributed by atoms with van der Waals surface area (Å²) in [6.07, 6.45) is 6.55. The number of hydrogen-bond acceptors (Lipinski definition) is 2. The second-order valence-electron chi connectivity index (χ2n) is 6.52. The third-order valence-corrected chi connectivity index (χ3v) is 5.28. The summed E-state index contributed by atoms with van der Waals surface area (Å²) in [6.45, 7) is 1.53. The first-order valence-electron chi connectivity index (χ1n) is 8.35. The number of hydrogen-bond donors (Lipinski definition) is 1. The number of likely N-dealkylation sites (tertiary alicyclic amines) is 1. The molecule has 2 fully saturated rings. The van der Waals surface area contributed by atoms with Gasteiger partial charge in [0.05, 0.1) is 0 Å². The van der Waals surface area contributed by atoms with Crippen LogP contribution in [0, 0.1) is 5.92 Å². The van der Waals surface area contributed by atoms with Crippen LogP contribution in [0.4, 0.5) is 0 Å². The van der Waals surface area contributed by atoms with Crippen molar-refractivity contribution in [3.63, 3.8) is 0 Å². The predicted molar refractivity (Wildman–Crippen MR) is 92.2 cm³/mol. The molecule has 3 rings (SSSR count). The second kappa shape index (κ2) is 7.98. The second-order valence-corrected chi connectivity index (χ2v) is 6.52. The molecule has 122 valence electrons. The lowest BCUT2D eigenvalue weighted by Gasteiger charge is -2.33. The van der Waals surface area contributed by atoms with E-state index in [4.69, 9.17) is 5.73 Å². The van der Waals surface area contributed by atoms with Crippen molar-refractivity contribution in [1.82, 2.24) is 4.90 Å². The first kappa shape index (κ1) is 17.3. The Kier molecular flexibility index (Phi) is 6.27. The average molecular weight is 323 g/mol. The maximum Gasteiger partial charge on any atom is 0.225 e. The van der Waals surface area contributed by atoms with Gasteiger partial charge in [-0.25, -0.2) is 0 Å². The third-order valence-electron chi connectivity index (χ3n) is 5.28. The molecule has 2 aliphatic rings. The fourth-order valence-corrected chi connectivity index (χ4v) is 4.00. The van der Waals surface area contributed by atoms with E-state index < -0.39 is 0 Å². The van der Waals surface area contributed by atoms with Crippen LogP contribution in [-0.2, 0) is 4.79 Å². The van der Waals surface area contributed by atoms with E-state index in [1.54, 1.807) is 0 Å². The molecule has 1 amide bonds. The number of benzene rings is 1. The van der Waals surface area contributed by atoms with Gasteiger partial charge in [0.15, 0.2) is 0 Å². The minimum Gasteiger partial charge on any atom is -0.338 e. The normalized spacial score (nSPS) is 28.2. The number of nitrogens with two attached hydrogens (primary N) is 1. The van der Waals surface area contributed by atoms with Crippen molar-refractivity contribution in [2.24, 2.45) is 11.7 Å². The lowest BCUT2D eigenvalue weighted by Crippen LogP contribution is -2.43. The summed E-state index contributed by atoms with van der Waals surface area (Å²) in [5, 5.41) is 0. The molecule has 0 bridgehead atoms. The van der Waals surface area contributed by atoms with E-state index in [1.807, 2.05) is 0 Å². The van der Waals surface area contributed by atoms with Crippen LogP contribution in [0.25, 0.3) is 0 Å². The standard InChI is InChI=1S/C18H26N2O.ClH/c19-13-17-7-4-12-20(17)18(21)16-10-8-15(9-11-16)14-5-2-1-3-6-14;/h1-3,5-6,15-17H,4,7-13,19H2;1H. The molecule has 1 aliphatic heterocycles. The van der Waals surface area contributed by atoms with E-state index in [0.29, 0.717) is 24.4 Å². The maximum absolute atomic E-state index is 12.7. The molecule has 1 saturated carbocycles. The van der Waals surface area contributed by atoms with E-state index in [-0.39, 0.29) is 18.3 Å². The average Bonchev–Trinajstić information content (AvgIpc) is 3.04. The maximum atomic E-state index is 12.7. The Morgan fingerprint density at radius 1 is 1.09 bits per heavy atom. The molecule has 0 aromatic heterocycles. The molecule has 1 aliphatic carbocycles. The van der Waals surface area contributed by atoms with Gasteiger partial charge in [-0.05, 0) is 50.0 Å². The van der Waals surface area contributed by atoms with Crippen LogP contribution in [0.15, 0.2) is 30.3 Å². The lowest BCUT2D eigenvalue weighted by atomic mass is 9.78. The monoisotopic (exact) mass is 322 g/mol. The van der Waals surface area contributed by atoms with Gasteiger partial charge in [0, 0.05) is 25.0 Å². The molecule has 1 atom stereocenters. The summed E-state index contributed by atoms with van der Waals surface area (Å²) in [5.41, 5.74) is 7.23. The first-order valence-corrected chi connectivity index (χ1v) is 8.35. The van der Waals surface area contributed by atoms with E-state index in [9.17, 15) is 4.79 Å². The van der Waals surface area contributed by atoms with Crippen LogP contribution in [0.3, 0.4) is 0 Å². The van der Waals surface area contributed by atoms with Crippen LogP contribution in [0.1, 0.15) is 50.0 Å². The number of carbonyl (C=O) groups excluding carboxylic acids is 1. The summed E-state index contributed by atoms with van der Waals surface area (Å²) >= 11 is 0. The zero-order valence-corrected chi connectivity index (χ0v) is 13.9. The number of rotatable bonds is 3. The largest absolute Gasteiger partial charge is 0.338 e. The van der Waals surface area contributed by atoms with Crippen LogP contribution in [-0.4, -0.2) is 29.9 Å². The highest BCUT2D eigenvalue weighted by Crippen LogP contribution is 2.37. The number of nitrogens with zero attached hydrogens (tertiary/aromatic N) is 1. The number of amides is 1. The fraction of sp³-hybridized carbons (Fsp3) is 0.611. The molecule has 22 heavy (non-hydrogen) atoms. The van der Waals surface area contributed by atoms with E-state index in [0.717, 1.165) is 45.1 Å². The third kappa shape index (κ3) is 3.64. The van der Waals surface area contributed by atoms with E-state index in [2.05, 4.69) is 35.2 Å². The Balaban J connectivity index is 0.00000176. The molecular formula is C18H27ClN2O. The predicted octanol–water partition coefficient (Wildman–Crippen LogP) is 3.33. The SMILES string of the molecule is Cl.NCC1CCCN1C(=O)C1CCC(c2ccccc2)CC1. The van der Waals surface area contributed by atoms with Crippen LogP contribution in [0.5, 0.6) is 0 Å². The van der Waals surface area contributed by atoms with Gasteiger partial charge in [-0.3, -0.25) is 4.79 Å². The zero-order chi connectivity index (χ0) is 14.7. The number of carbonyl (C=O) groups is 1. The van der Waals surface area contributed by atoms with Gasteiger partial charge in [-0.2, -0.15) is 0 Å². The molecular weight excluding hydrogens is 296 g/mol. The number of halogens is 1. The van der Waals surface area contributed by atoms with Crippen molar-refractivity contribution >= 4 is 18.3 Å². The smallest absolute Gasteiger partial charge is 0.225 e. The minimum atomic E-state index is 0. The molecule has 1 aromatic carbocycles. The van der Waals surface area contributed by atoms with Crippen LogP contribution in [0.2, 0.25) is 0 Å². The van der Waals surface area contributed by atoms with Gasteiger partial charge in [0.25, 0.3) is 0 Å². The van der Waals surface area contributed by atoms with Crippen molar-refractivity contribution in [1.29, 1.82) is 0 Å². The molecule has 1 unspecified atom stereocenters. The van der Waals surface area contributed by atoms with E-state index >= 15 is 0 Å². The molecule has 3 nitrogen and oxygen atoms in total. The Hall–Kier alpha value is -1.06. The minimum absolute atomic E-state index is 0. The molecule has 1 heterocycles. The summed E-state index contributed by atoms with van der Waals surface area (Å²) in [7, 11) is 0. The van der Waals surface area contributed by atoms with Crippen molar-refractivity contribution in [3.8, 4) is 0 Å². The van der Waals surface area contributed by atoms with Crippen molar-refractivity contribution in [2.45, 2.75) is 50.5 Å². The molecule has 4 heteroatoms. The van der Waals surface area contributed by atoms with Gasteiger partial charge in [0.2, 0.25) is 5.91 Å². The molecule has 2 N–H and O–H groups in total. The zero-order valence-electron chi connectivity index (χ0n) is 13.1. The van der Waals surface area contributed by atoms with Crippen molar-refractivity contribution in [3.05, 3.63) is 35.9 Å². The van der Waals surface area contributed by atoms with E-state index in [1.165, 1.54) is 5.56 Å². The molecule has 0 spiro atoms. The highest BCUT2D eigenvalue weighted by Gasteiger charge is 2.34. The van der Waals surface area contributed by atoms with Gasteiger partial charge in [0.1, 0.15) is 0 Å². The van der Waals surface area contributed by atoms with Gasteiger partial charge >= 0.3 is 0 Å². The Morgan fingerprint density at radius 3 is 2.41 bits per heavy atom. The fourth-order valence-electron chi connectivity index (χ4n) is 4.00. The summed E-state index contributed by atoms with van der Waals surface area (Å²) in [5.74, 6) is 1.24. The van der Waals surface area contributed by atoms with Crippen molar-refractivity contribution < 1.29 is 4.79 Å². The summed E-state index contributed by atoms with van der Waals surface area (Å²) in [4.78, 5) is 14.7. The molecule has 1 aromatic rings. The highest BCUT2D eigenvalue weighted by molar-refractivity contribution is 5.85. The first-order chi connectivity index (χ1) is 10.3. The van der Waals surface area contributed by atoms with Crippen molar-refractivity contribution in [2.75, 3.05) is 13.1 Å². The lowest BCUT2D eigenvalue weighted by molar-refractivity contribution is -0.137. The Morgan fingerprint density at radius 2 is 1.77 bits per heavy atom. The summed E-state index contributed by atoms with van der Waals surface area (Å²) in [6, 6.07) is 11.0. The Labute approximate surface area is 139 Å². The summed E-state index contributed by atoms with van der Waals surface area (Å²) < 4.78 is 0. The van der Waals surface area contributed by atoms with Crippen LogP contribution < -0.4 is 5.73 Å². The molecule has 0 radical (unpaired) electrons. The van der Waals surface area contributed by atoms with Gasteiger partial charge in [-0.15, -0.1) is 12.4 Å². The van der Waals surface area contributed by atoms with Crippen LogP contribution >= 0.6 is 12.4 Å². The highest BCUT2D eigenvalue weighted by atomic mass is 35.5. The van der Waals surface area contributed by atoms with Gasteiger partial charge < -0.3 is 10.6 Å².